The van der Waals surface area contributed by atoms with E-state index in [0.29, 0.717) is 5.15 Å². The summed E-state index contributed by atoms with van der Waals surface area (Å²) in [7, 11) is 0. The Labute approximate surface area is 112 Å². The van der Waals surface area contributed by atoms with E-state index in [9.17, 15) is 0 Å². The van der Waals surface area contributed by atoms with Crippen LogP contribution >= 0.6 is 34.3 Å². The molecule has 0 saturated carbocycles. The summed E-state index contributed by atoms with van der Waals surface area (Å²) in [5.74, 6) is 0. The predicted octanol–water partition coefficient (Wildman–Crippen LogP) is 3.40. The van der Waals surface area contributed by atoms with E-state index < -0.39 is 0 Å². The Morgan fingerprint density at radius 3 is 3.06 bits per heavy atom. The number of rotatable bonds is 4. The van der Waals surface area contributed by atoms with Gasteiger partial charge >= 0.3 is 0 Å². The molecule has 0 amide bonds. The van der Waals surface area contributed by atoms with Crippen LogP contribution in [0.15, 0.2) is 29.1 Å². The van der Waals surface area contributed by atoms with Gasteiger partial charge in [0, 0.05) is 29.5 Å². The van der Waals surface area contributed by atoms with Crippen molar-refractivity contribution in [1.82, 2.24) is 14.7 Å². The topological polar surface area (TPSA) is 29.3 Å². The Balaban J connectivity index is 1.72. The normalized spacial score (nSPS) is 11.4. The zero-order valence-electron chi connectivity index (χ0n) is 8.89. The molecule has 0 aromatic carbocycles. The summed E-state index contributed by atoms with van der Waals surface area (Å²) in [5.41, 5.74) is 1.03. The quantitative estimate of drug-likeness (QED) is 0.795. The lowest BCUT2D eigenvalue weighted by Crippen LogP contribution is -2.13. The summed E-state index contributed by atoms with van der Waals surface area (Å²) in [4.78, 5) is 6.57. The van der Waals surface area contributed by atoms with Crippen molar-refractivity contribution in [1.29, 1.82) is 0 Å². The van der Waals surface area contributed by atoms with Gasteiger partial charge in [-0.25, -0.2) is 4.98 Å². The largest absolute Gasteiger partial charge is 0.306 e. The molecule has 0 saturated heterocycles. The van der Waals surface area contributed by atoms with Gasteiger partial charge in [-0.15, -0.1) is 22.7 Å². The molecule has 3 aromatic rings. The third kappa shape index (κ3) is 2.24. The SMILES string of the molecule is Clc1nc2sccn2c1CNCc1cccs1. The second-order valence-electron chi connectivity index (χ2n) is 3.59. The van der Waals surface area contributed by atoms with Crippen molar-refractivity contribution in [2.75, 3.05) is 0 Å². The number of nitrogens with zero attached hydrogens (tertiary/aromatic N) is 2. The van der Waals surface area contributed by atoms with Gasteiger partial charge in [-0.3, -0.25) is 4.40 Å². The van der Waals surface area contributed by atoms with Gasteiger partial charge in [0.05, 0.1) is 5.69 Å². The molecule has 0 bridgehead atoms. The fourth-order valence-corrected chi connectivity index (χ4v) is 3.38. The first kappa shape index (κ1) is 11.2. The highest BCUT2D eigenvalue weighted by Gasteiger charge is 2.10. The van der Waals surface area contributed by atoms with Crippen LogP contribution in [0.2, 0.25) is 5.15 Å². The highest BCUT2D eigenvalue weighted by atomic mass is 35.5. The van der Waals surface area contributed by atoms with Gasteiger partial charge in [-0.1, -0.05) is 17.7 Å². The van der Waals surface area contributed by atoms with Crippen LogP contribution in [-0.4, -0.2) is 9.38 Å². The molecule has 17 heavy (non-hydrogen) atoms. The van der Waals surface area contributed by atoms with Gasteiger partial charge in [0.1, 0.15) is 0 Å². The average molecular weight is 284 g/mol. The molecule has 0 aliphatic rings. The van der Waals surface area contributed by atoms with E-state index in [1.807, 2.05) is 16.0 Å². The van der Waals surface area contributed by atoms with E-state index >= 15 is 0 Å². The Morgan fingerprint density at radius 2 is 2.24 bits per heavy atom. The van der Waals surface area contributed by atoms with Crippen LogP contribution in [0.25, 0.3) is 4.96 Å². The van der Waals surface area contributed by atoms with Crippen LogP contribution in [-0.2, 0) is 13.1 Å². The highest BCUT2D eigenvalue weighted by Crippen LogP contribution is 2.21. The summed E-state index contributed by atoms with van der Waals surface area (Å²) < 4.78 is 2.04. The molecular formula is C11H10ClN3S2. The van der Waals surface area contributed by atoms with Gasteiger partial charge in [0.25, 0.3) is 0 Å². The van der Waals surface area contributed by atoms with Crippen LogP contribution in [0.5, 0.6) is 0 Å². The molecule has 3 nitrogen and oxygen atoms in total. The van der Waals surface area contributed by atoms with E-state index in [-0.39, 0.29) is 0 Å². The zero-order chi connectivity index (χ0) is 11.7. The lowest BCUT2D eigenvalue weighted by Gasteiger charge is -2.02. The molecule has 0 radical (unpaired) electrons. The average Bonchev–Trinajstić information content (AvgIpc) is 2.98. The molecule has 0 aliphatic carbocycles. The fraction of sp³-hybridized carbons (Fsp3) is 0.182. The molecule has 3 aromatic heterocycles. The first-order valence-corrected chi connectivity index (χ1v) is 7.31. The third-order valence-electron chi connectivity index (χ3n) is 2.48. The number of hydrogen-bond acceptors (Lipinski definition) is 4. The summed E-state index contributed by atoms with van der Waals surface area (Å²) in [5, 5.41) is 8.07. The first-order valence-electron chi connectivity index (χ1n) is 5.17. The summed E-state index contributed by atoms with van der Waals surface area (Å²) >= 11 is 9.46. The molecule has 6 heteroatoms. The van der Waals surface area contributed by atoms with E-state index in [1.165, 1.54) is 4.88 Å². The molecule has 3 heterocycles. The summed E-state index contributed by atoms with van der Waals surface area (Å²) in [6.07, 6.45) is 2.00. The number of nitrogens with one attached hydrogen (secondary N) is 1. The number of thiophene rings is 1. The predicted molar refractivity (Wildman–Crippen MR) is 72.9 cm³/mol. The van der Waals surface area contributed by atoms with Crippen LogP contribution in [0, 0.1) is 0 Å². The Kier molecular flexibility index (Phi) is 3.15. The number of thiazole rings is 1. The Bertz CT molecular complexity index is 612. The smallest absolute Gasteiger partial charge is 0.195 e. The standard InChI is InChI=1S/C11H10ClN3S2/c12-10-9(15-3-5-17-11(15)14-10)7-13-6-8-2-1-4-16-8/h1-5,13H,6-7H2. The second kappa shape index (κ2) is 4.78. The van der Waals surface area contributed by atoms with Crippen molar-refractivity contribution < 1.29 is 0 Å². The monoisotopic (exact) mass is 283 g/mol. The molecule has 0 unspecified atom stereocenters. The Hall–Kier alpha value is -0.880. The van der Waals surface area contributed by atoms with E-state index in [0.717, 1.165) is 23.7 Å². The van der Waals surface area contributed by atoms with Crippen molar-refractivity contribution in [2.45, 2.75) is 13.1 Å². The third-order valence-corrected chi connectivity index (χ3v) is 4.42. The molecule has 0 fully saturated rings. The van der Waals surface area contributed by atoms with Gasteiger partial charge in [0.2, 0.25) is 0 Å². The van der Waals surface area contributed by atoms with Crippen molar-refractivity contribution >= 4 is 39.2 Å². The molecule has 88 valence electrons. The molecule has 0 aliphatic heterocycles. The first-order chi connectivity index (χ1) is 8.34. The minimum atomic E-state index is 0.593. The lowest BCUT2D eigenvalue weighted by molar-refractivity contribution is 0.683. The highest BCUT2D eigenvalue weighted by molar-refractivity contribution is 7.15. The van der Waals surface area contributed by atoms with Crippen molar-refractivity contribution in [2.24, 2.45) is 0 Å². The zero-order valence-corrected chi connectivity index (χ0v) is 11.3. The number of fused-ring (bicyclic) bond motifs is 1. The number of hydrogen-bond donors (Lipinski definition) is 1. The van der Waals surface area contributed by atoms with Crippen molar-refractivity contribution in [3.05, 3.63) is 44.8 Å². The van der Waals surface area contributed by atoms with E-state index in [2.05, 4.69) is 27.8 Å². The van der Waals surface area contributed by atoms with Crippen LogP contribution in [0.1, 0.15) is 10.6 Å². The van der Waals surface area contributed by atoms with E-state index in [1.54, 1.807) is 22.7 Å². The second-order valence-corrected chi connectivity index (χ2v) is 5.85. The minimum absolute atomic E-state index is 0.593. The number of imidazole rings is 1. The van der Waals surface area contributed by atoms with Crippen molar-refractivity contribution in [3.63, 3.8) is 0 Å². The Morgan fingerprint density at radius 1 is 1.29 bits per heavy atom. The van der Waals surface area contributed by atoms with Gasteiger partial charge < -0.3 is 5.32 Å². The van der Waals surface area contributed by atoms with Crippen LogP contribution < -0.4 is 5.32 Å². The maximum Gasteiger partial charge on any atom is 0.195 e. The number of aromatic nitrogens is 2. The van der Waals surface area contributed by atoms with Crippen LogP contribution in [0.4, 0.5) is 0 Å². The maximum atomic E-state index is 6.11. The van der Waals surface area contributed by atoms with Crippen molar-refractivity contribution in [3.8, 4) is 0 Å². The summed E-state index contributed by atoms with van der Waals surface area (Å²) in [6.45, 7) is 1.60. The van der Waals surface area contributed by atoms with Gasteiger partial charge in [-0.05, 0) is 11.4 Å². The molecule has 3 rings (SSSR count). The minimum Gasteiger partial charge on any atom is -0.306 e. The van der Waals surface area contributed by atoms with Gasteiger partial charge in [-0.2, -0.15) is 0 Å². The summed E-state index contributed by atoms with van der Waals surface area (Å²) in [6, 6.07) is 4.18. The fourth-order valence-electron chi connectivity index (χ4n) is 1.68. The van der Waals surface area contributed by atoms with Crippen LogP contribution in [0.3, 0.4) is 0 Å². The van der Waals surface area contributed by atoms with Gasteiger partial charge in [0.15, 0.2) is 10.1 Å². The maximum absolute atomic E-state index is 6.11. The molecule has 0 spiro atoms. The lowest BCUT2D eigenvalue weighted by atomic mass is 10.4. The molecular weight excluding hydrogens is 274 g/mol. The van der Waals surface area contributed by atoms with E-state index in [4.69, 9.17) is 11.6 Å². The number of halogens is 1. The molecule has 0 atom stereocenters. The molecule has 1 N–H and O–H groups in total.